The molecule has 1 unspecified atom stereocenters. The van der Waals surface area contributed by atoms with E-state index < -0.39 is 0 Å². The van der Waals surface area contributed by atoms with E-state index in [0.29, 0.717) is 5.92 Å². The minimum absolute atomic E-state index is 0.156. The Morgan fingerprint density at radius 1 is 1.38 bits per heavy atom. The second kappa shape index (κ2) is 7.80. The van der Waals surface area contributed by atoms with Crippen LogP contribution in [0.3, 0.4) is 0 Å². The summed E-state index contributed by atoms with van der Waals surface area (Å²) in [4.78, 5) is 2.17. The smallest absolute Gasteiger partial charge is 0.159 e. The number of nitrogens with one attached hydrogen (secondary N) is 1. The molecule has 1 rings (SSSR count). The van der Waals surface area contributed by atoms with Gasteiger partial charge in [0, 0.05) is 12.1 Å². The van der Waals surface area contributed by atoms with E-state index >= 15 is 0 Å². The van der Waals surface area contributed by atoms with Gasteiger partial charge in [-0.25, -0.2) is 0 Å². The third kappa shape index (κ3) is 6.48. The zero-order chi connectivity index (χ0) is 16.0. The van der Waals surface area contributed by atoms with Crippen LogP contribution in [0.4, 0.5) is 0 Å². The van der Waals surface area contributed by atoms with Crippen molar-refractivity contribution < 1.29 is 4.74 Å². The fourth-order valence-corrected chi connectivity index (χ4v) is 2.14. The summed E-state index contributed by atoms with van der Waals surface area (Å²) in [6.07, 6.45) is 2.80. The van der Waals surface area contributed by atoms with Crippen molar-refractivity contribution in [1.29, 1.82) is 0 Å². The van der Waals surface area contributed by atoms with Gasteiger partial charge in [-0.05, 0) is 53.8 Å². The van der Waals surface area contributed by atoms with Crippen LogP contribution in [0.15, 0.2) is 6.20 Å². The Balaban J connectivity index is 2.68. The van der Waals surface area contributed by atoms with E-state index in [1.54, 1.807) is 7.11 Å². The van der Waals surface area contributed by atoms with Crippen LogP contribution in [-0.4, -0.2) is 54.5 Å². The molecule has 0 radical (unpaired) electrons. The Morgan fingerprint density at radius 2 is 2.05 bits per heavy atom. The molecule has 0 aliphatic heterocycles. The van der Waals surface area contributed by atoms with Crippen molar-refractivity contribution in [3.05, 3.63) is 11.9 Å². The van der Waals surface area contributed by atoms with Crippen molar-refractivity contribution in [2.75, 3.05) is 34.3 Å². The molecule has 0 aliphatic rings. The van der Waals surface area contributed by atoms with E-state index in [-0.39, 0.29) is 5.54 Å². The van der Waals surface area contributed by atoms with Crippen molar-refractivity contribution >= 4 is 0 Å². The van der Waals surface area contributed by atoms with Gasteiger partial charge in [0.15, 0.2) is 5.75 Å². The van der Waals surface area contributed by atoms with Gasteiger partial charge in [0.1, 0.15) is 0 Å². The summed E-state index contributed by atoms with van der Waals surface area (Å²) >= 11 is 0. The Hall–Kier alpha value is -1.07. The van der Waals surface area contributed by atoms with Gasteiger partial charge in [-0.3, -0.25) is 4.68 Å². The first-order valence-electron chi connectivity index (χ1n) is 7.71. The van der Waals surface area contributed by atoms with Crippen LogP contribution in [0.25, 0.3) is 0 Å². The molecule has 0 saturated heterocycles. The van der Waals surface area contributed by atoms with Crippen molar-refractivity contribution in [3.63, 3.8) is 0 Å². The molecule has 0 aromatic carbocycles. The SMILES string of the molecule is COc1cnn(CCN(C)C)c1CC(C)CNC(C)(C)C. The molecule has 1 aromatic rings. The lowest BCUT2D eigenvalue weighted by Crippen LogP contribution is -2.39. The van der Waals surface area contributed by atoms with E-state index in [1.165, 1.54) is 5.69 Å². The van der Waals surface area contributed by atoms with Gasteiger partial charge in [-0.15, -0.1) is 0 Å². The lowest BCUT2D eigenvalue weighted by molar-refractivity contribution is 0.351. The average molecular weight is 296 g/mol. The zero-order valence-electron chi connectivity index (χ0n) is 14.7. The number of ether oxygens (including phenoxy) is 1. The van der Waals surface area contributed by atoms with Gasteiger partial charge in [0.05, 0.1) is 25.5 Å². The summed E-state index contributed by atoms with van der Waals surface area (Å²) < 4.78 is 7.54. The van der Waals surface area contributed by atoms with Crippen molar-refractivity contribution in [2.24, 2.45) is 5.92 Å². The molecular weight excluding hydrogens is 264 g/mol. The van der Waals surface area contributed by atoms with Gasteiger partial charge >= 0.3 is 0 Å². The molecule has 1 heterocycles. The van der Waals surface area contributed by atoms with Gasteiger partial charge in [0.25, 0.3) is 0 Å². The van der Waals surface area contributed by atoms with Crippen molar-refractivity contribution in [3.8, 4) is 5.75 Å². The molecule has 0 amide bonds. The number of nitrogens with zero attached hydrogens (tertiary/aromatic N) is 3. The maximum absolute atomic E-state index is 5.46. The second-order valence-electron chi connectivity index (χ2n) is 7.13. The van der Waals surface area contributed by atoms with Gasteiger partial charge < -0.3 is 15.0 Å². The van der Waals surface area contributed by atoms with Crippen molar-refractivity contribution in [1.82, 2.24) is 20.0 Å². The Labute approximate surface area is 129 Å². The van der Waals surface area contributed by atoms with Crippen LogP contribution in [0.5, 0.6) is 5.75 Å². The van der Waals surface area contributed by atoms with Gasteiger partial charge in [0.2, 0.25) is 0 Å². The quantitative estimate of drug-likeness (QED) is 0.797. The number of aromatic nitrogens is 2. The fourth-order valence-electron chi connectivity index (χ4n) is 2.14. The lowest BCUT2D eigenvalue weighted by atomic mass is 10.0. The van der Waals surface area contributed by atoms with Crippen LogP contribution < -0.4 is 10.1 Å². The highest BCUT2D eigenvalue weighted by Gasteiger charge is 2.17. The number of likely N-dealkylation sites (N-methyl/N-ethyl adjacent to an activating group) is 1. The van der Waals surface area contributed by atoms with Gasteiger partial charge in [-0.1, -0.05) is 6.92 Å². The standard InChI is InChI=1S/C16H32N4O/c1-13(11-17-16(2,3)4)10-14-15(21-7)12-18-20(14)9-8-19(5)6/h12-13,17H,8-11H2,1-7H3. The van der Waals surface area contributed by atoms with Crippen LogP contribution in [0.2, 0.25) is 0 Å². The average Bonchev–Trinajstić information content (AvgIpc) is 2.75. The zero-order valence-corrected chi connectivity index (χ0v) is 14.7. The highest BCUT2D eigenvalue weighted by atomic mass is 16.5. The molecule has 21 heavy (non-hydrogen) atoms. The maximum atomic E-state index is 5.46. The molecule has 0 fully saturated rings. The van der Waals surface area contributed by atoms with Crippen molar-refractivity contribution in [2.45, 2.75) is 46.2 Å². The summed E-state index contributed by atoms with van der Waals surface area (Å²) in [5.41, 5.74) is 1.35. The predicted octanol–water partition coefficient (Wildman–Crippen LogP) is 2.02. The van der Waals surface area contributed by atoms with E-state index in [0.717, 1.165) is 31.8 Å². The molecule has 0 saturated carbocycles. The topological polar surface area (TPSA) is 42.3 Å². The largest absolute Gasteiger partial charge is 0.493 e. The minimum Gasteiger partial charge on any atom is -0.493 e. The number of methoxy groups -OCH3 is 1. The molecule has 1 atom stereocenters. The molecule has 0 aliphatic carbocycles. The molecule has 0 spiro atoms. The highest BCUT2D eigenvalue weighted by Crippen LogP contribution is 2.21. The molecule has 1 aromatic heterocycles. The minimum atomic E-state index is 0.156. The monoisotopic (exact) mass is 296 g/mol. The normalized spacial score (nSPS) is 13.7. The summed E-state index contributed by atoms with van der Waals surface area (Å²) in [5.74, 6) is 1.43. The van der Waals surface area contributed by atoms with Crippen LogP contribution in [0, 0.1) is 5.92 Å². The number of hydrogen-bond donors (Lipinski definition) is 1. The Kier molecular flexibility index (Phi) is 6.68. The molecule has 0 bridgehead atoms. The molecule has 5 nitrogen and oxygen atoms in total. The van der Waals surface area contributed by atoms with Crippen LogP contribution in [-0.2, 0) is 13.0 Å². The molecule has 122 valence electrons. The molecular formula is C16H32N4O. The molecule has 5 heteroatoms. The number of rotatable bonds is 8. The first-order chi connectivity index (χ1) is 9.73. The van der Waals surface area contributed by atoms with Crippen LogP contribution in [0.1, 0.15) is 33.4 Å². The third-order valence-corrected chi connectivity index (χ3v) is 3.41. The van der Waals surface area contributed by atoms with E-state index in [1.807, 2.05) is 6.20 Å². The summed E-state index contributed by atoms with van der Waals surface area (Å²) in [6.45, 7) is 11.7. The fraction of sp³-hybridized carbons (Fsp3) is 0.812. The summed E-state index contributed by atoms with van der Waals surface area (Å²) in [7, 11) is 5.88. The summed E-state index contributed by atoms with van der Waals surface area (Å²) in [6, 6.07) is 0. The number of hydrogen-bond acceptors (Lipinski definition) is 4. The molecule has 1 N–H and O–H groups in total. The first-order valence-corrected chi connectivity index (χ1v) is 7.71. The third-order valence-electron chi connectivity index (χ3n) is 3.41. The van der Waals surface area contributed by atoms with E-state index in [2.05, 4.69) is 61.8 Å². The van der Waals surface area contributed by atoms with E-state index in [4.69, 9.17) is 4.74 Å². The van der Waals surface area contributed by atoms with Crippen LogP contribution >= 0.6 is 0 Å². The highest BCUT2D eigenvalue weighted by molar-refractivity contribution is 5.25. The first kappa shape index (κ1) is 18.0. The maximum Gasteiger partial charge on any atom is 0.159 e. The summed E-state index contributed by atoms with van der Waals surface area (Å²) in [5, 5.41) is 8.03. The predicted molar refractivity (Wildman–Crippen MR) is 88.0 cm³/mol. The van der Waals surface area contributed by atoms with E-state index in [9.17, 15) is 0 Å². The lowest BCUT2D eigenvalue weighted by Gasteiger charge is -2.24. The Bertz CT molecular complexity index is 420. The Morgan fingerprint density at radius 3 is 2.57 bits per heavy atom. The van der Waals surface area contributed by atoms with Gasteiger partial charge in [-0.2, -0.15) is 5.10 Å². The second-order valence-corrected chi connectivity index (χ2v) is 7.13.